The average molecular weight is 216 g/mol. The molecule has 2 unspecified atom stereocenters. The molecule has 0 amide bonds. The second-order valence-corrected chi connectivity index (χ2v) is 4.31. The SMILES string of the molecule is O=[N+]([O-])c1ccc2c(c1)C1C=CCCC1N2. The lowest BCUT2D eigenvalue weighted by molar-refractivity contribution is -0.384. The molecule has 1 aliphatic carbocycles. The van der Waals surface area contributed by atoms with Gasteiger partial charge < -0.3 is 5.32 Å². The number of allylic oxidation sites excluding steroid dienone is 1. The molecular weight excluding hydrogens is 204 g/mol. The molecule has 0 saturated carbocycles. The molecule has 1 N–H and O–H groups in total. The van der Waals surface area contributed by atoms with Crippen molar-refractivity contribution in [2.24, 2.45) is 0 Å². The number of non-ortho nitro benzene ring substituents is 1. The van der Waals surface area contributed by atoms with E-state index in [1.807, 2.05) is 6.07 Å². The van der Waals surface area contributed by atoms with Gasteiger partial charge in [-0.25, -0.2) is 0 Å². The fraction of sp³-hybridized carbons (Fsp3) is 0.333. The van der Waals surface area contributed by atoms with E-state index in [0.29, 0.717) is 12.0 Å². The van der Waals surface area contributed by atoms with Crippen LogP contribution in [0.3, 0.4) is 0 Å². The number of fused-ring (bicyclic) bond motifs is 3. The fourth-order valence-corrected chi connectivity index (χ4v) is 2.59. The van der Waals surface area contributed by atoms with Crippen LogP contribution < -0.4 is 5.32 Å². The minimum atomic E-state index is -0.333. The molecule has 1 heterocycles. The zero-order valence-corrected chi connectivity index (χ0v) is 8.72. The van der Waals surface area contributed by atoms with Gasteiger partial charge in [0.1, 0.15) is 0 Å². The van der Waals surface area contributed by atoms with Crippen molar-refractivity contribution in [2.75, 3.05) is 5.32 Å². The van der Waals surface area contributed by atoms with Crippen LogP contribution in [0.25, 0.3) is 0 Å². The van der Waals surface area contributed by atoms with Crippen molar-refractivity contribution < 1.29 is 4.92 Å². The van der Waals surface area contributed by atoms with Gasteiger partial charge >= 0.3 is 0 Å². The lowest BCUT2D eigenvalue weighted by atomic mass is 9.88. The van der Waals surface area contributed by atoms with E-state index in [-0.39, 0.29) is 10.6 Å². The predicted octanol–water partition coefficient (Wildman–Crippen LogP) is 2.82. The Morgan fingerprint density at radius 2 is 2.31 bits per heavy atom. The first kappa shape index (κ1) is 9.39. The van der Waals surface area contributed by atoms with E-state index in [1.165, 1.54) is 0 Å². The minimum Gasteiger partial charge on any atom is -0.381 e. The molecule has 1 aromatic rings. The number of hydrogen-bond acceptors (Lipinski definition) is 3. The van der Waals surface area contributed by atoms with Crippen molar-refractivity contribution in [1.29, 1.82) is 0 Å². The average Bonchev–Trinajstić information content (AvgIpc) is 2.66. The Labute approximate surface area is 93.1 Å². The highest BCUT2D eigenvalue weighted by atomic mass is 16.6. The van der Waals surface area contributed by atoms with Crippen LogP contribution in [0.4, 0.5) is 11.4 Å². The molecule has 0 saturated heterocycles. The van der Waals surface area contributed by atoms with E-state index >= 15 is 0 Å². The van der Waals surface area contributed by atoms with Gasteiger partial charge in [0, 0.05) is 29.8 Å². The van der Waals surface area contributed by atoms with Gasteiger partial charge in [-0.15, -0.1) is 0 Å². The first-order valence-corrected chi connectivity index (χ1v) is 5.47. The quantitative estimate of drug-likeness (QED) is 0.446. The summed E-state index contributed by atoms with van der Waals surface area (Å²) in [7, 11) is 0. The monoisotopic (exact) mass is 216 g/mol. The number of hydrogen-bond donors (Lipinski definition) is 1. The molecule has 4 nitrogen and oxygen atoms in total. The maximum absolute atomic E-state index is 10.7. The van der Waals surface area contributed by atoms with Gasteiger partial charge in [-0.3, -0.25) is 10.1 Å². The highest BCUT2D eigenvalue weighted by Crippen LogP contribution is 2.42. The summed E-state index contributed by atoms with van der Waals surface area (Å²) in [6, 6.07) is 5.50. The Kier molecular flexibility index (Phi) is 1.96. The van der Waals surface area contributed by atoms with Gasteiger partial charge in [0.2, 0.25) is 0 Å². The topological polar surface area (TPSA) is 55.2 Å². The zero-order chi connectivity index (χ0) is 11.1. The normalized spacial score (nSPS) is 25.8. The number of anilines is 1. The van der Waals surface area contributed by atoms with Gasteiger partial charge in [0.05, 0.1) is 4.92 Å². The van der Waals surface area contributed by atoms with Crippen molar-refractivity contribution in [3.8, 4) is 0 Å². The third-order valence-electron chi connectivity index (χ3n) is 3.37. The van der Waals surface area contributed by atoms with Gasteiger partial charge in [0.15, 0.2) is 0 Å². The van der Waals surface area contributed by atoms with Gasteiger partial charge in [-0.1, -0.05) is 12.2 Å². The summed E-state index contributed by atoms with van der Waals surface area (Å²) in [5.74, 6) is 0.309. The van der Waals surface area contributed by atoms with Crippen LogP contribution in [0.5, 0.6) is 0 Å². The largest absolute Gasteiger partial charge is 0.381 e. The van der Waals surface area contributed by atoms with Crippen molar-refractivity contribution in [2.45, 2.75) is 24.8 Å². The molecule has 1 aliphatic heterocycles. The van der Waals surface area contributed by atoms with Crippen LogP contribution in [0.15, 0.2) is 30.4 Å². The zero-order valence-electron chi connectivity index (χ0n) is 8.72. The first-order chi connectivity index (χ1) is 7.75. The molecule has 16 heavy (non-hydrogen) atoms. The molecule has 1 aromatic carbocycles. The highest BCUT2D eigenvalue weighted by molar-refractivity contribution is 5.64. The van der Waals surface area contributed by atoms with Crippen LogP contribution in [-0.4, -0.2) is 11.0 Å². The molecule has 0 bridgehead atoms. The van der Waals surface area contributed by atoms with Crippen LogP contribution in [0, 0.1) is 10.1 Å². The van der Waals surface area contributed by atoms with Gasteiger partial charge in [0.25, 0.3) is 5.69 Å². The Balaban J connectivity index is 2.06. The summed E-state index contributed by atoms with van der Waals surface area (Å²) in [5, 5.41) is 14.2. The van der Waals surface area contributed by atoms with E-state index < -0.39 is 0 Å². The van der Waals surface area contributed by atoms with Crippen molar-refractivity contribution in [1.82, 2.24) is 0 Å². The molecular formula is C12H12N2O2. The Morgan fingerprint density at radius 1 is 1.44 bits per heavy atom. The summed E-state index contributed by atoms with van der Waals surface area (Å²) >= 11 is 0. The fourth-order valence-electron chi connectivity index (χ4n) is 2.59. The molecule has 4 heteroatoms. The minimum absolute atomic E-state index is 0.181. The molecule has 0 spiro atoms. The third kappa shape index (κ3) is 1.30. The maximum atomic E-state index is 10.7. The third-order valence-corrected chi connectivity index (χ3v) is 3.37. The van der Waals surface area contributed by atoms with Crippen LogP contribution >= 0.6 is 0 Å². The first-order valence-electron chi connectivity index (χ1n) is 5.47. The van der Waals surface area contributed by atoms with Crippen LogP contribution in [-0.2, 0) is 0 Å². The number of nitrogens with one attached hydrogen (secondary N) is 1. The lowest BCUT2D eigenvalue weighted by Crippen LogP contribution is -2.21. The Hall–Kier alpha value is -1.84. The number of nitrogens with zero attached hydrogens (tertiary/aromatic N) is 1. The number of benzene rings is 1. The molecule has 82 valence electrons. The summed E-state index contributed by atoms with van der Waals surface area (Å²) in [4.78, 5) is 10.4. The van der Waals surface area contributed by atoms with Crippen LogP contribution in [0.2, 0.25) is 0 Å². The Bertz CT molecular complexity index is 482. The molecule has 2 atom stereocenters. The number of nitro benzene ring substituents is 1. The summed E-state index contributed by atoms with van der Waals surface area (Å²) in [5.41, 5.74) is 2.29. The van der Waals surface area contributed by atoms with Crippen molar-refractivity contribution in [3.63, 3.8) is 0 Å². The lowest BCUT2D eigenvalue weighted by Gasteiger charge is -2.20. The number of rotatable bonds is 1. The molecule has 3 rings (SSSR count). The van der Waals surface area contributed by atoms with Crippen molar-refractivity contribution in [3.05, 3.63) is 46.0 Å². The summed E-state index contributed by atoms with van der Waals surface area (Å²) < 4.78 is 0. The second-order valence-electron chi connectivity index (χ2n) is 4.31. The summed E-state index contributed by atoms with van der Waals surface area (Å²) in [6.45, 7) is 0. The van der Waals surface area contributed by atoms with E-state index in [9.17, 15) is 10.1 Å². The molecule has 0 radical (unpaired) electrons. The predicted molar refractivity (Wildman–Crippen MR) is 61.6 cm³/mol. The standard InChI is InChI=1S/C12H12N2O2/c15-14(16)8-5-6-12-10(7-8)9-3-1-2-4-11(9)13-12/h1,3,5-7,9,11,13H,2,4H2. The Morgan fingerprint density at radius 3 is 3.12 bits per heavy atom. The molecule has 0 aromatic heterocycles. The maximum Gasteiger partial charge on any atom is 0.269 e. The summed E-state index contributed by atoms with van der Waals surface area (Å²) in [6.07, 6.45) is 6.52. The van der Waals surface area contributed by atoms with Gasteiger partial charge in [-0.05, 0) is 24.5 Å². The van der Waals surface area contributed by atoms with E-state index in [1.54, 1.807) is 12.1 Å². The number of nitro groups is 1. The highest BCUT2D eigenvalue weighted by Gasteiger charge is 2.32. The van der Waals surface area contributed by atoms with Gasteiger partial charge in [-0.2, -0.15) is 0 Å². The molecule has 0 fully saturated rings. The molecule has 2 aliphatic rings. The van der Waals surface area contributed by atoms with Crippen molar-refractivity contribution >= 4 is 11.4 Å². The smallest absolute Gasteiger partial charge is 0.269 e. The van der Waals surface area contributed by atoms with E-state index in [2.05, 4.69) is 17.5 Å². The van der Waals surface area contributed by atoms with E-state index in [0.717, 1.165) is 24.1 Å². The van der Waals surface area contributed by atoms with Crippen LogP contribution in [0.1, 0.15) is 24.3 Å². The van der Waals surface area contributed by atoms with E-state index in [4.69, 9.17) is 0 Å². The second kappa shape index (κ2) is 3.33.